The predicted octanol–water partition coefficient (Wildman–Crippen LogP) is 1.36. The largest absolute Gasteiger partial charge is 0.378 e. The van der Waals surface area contributed by atoms with Crippen LogP contribution in [-0.4, -0.2) is 96.4 Å². The minimum absolute atomic E-state index is 0.116. The molecule has 0 aliphatic carbocycles. The van der Waals surface area contributed by atoms with Crippen molar-refractivity contribution in [3.8, 4) is 0 Å². The van der Waals surface area contributed by atoms with E-state index in [1.165, 1.54) is 0 Å². The van der Waals surface area contributed by atoms with E-state index in [1.54, 1.807) is 18.2 Å². The van der Waals surface area contributed by atoms with Crippen LogP contribution in [0.3, 0.4) is 0 Å². The summed E-state index contributed by atoms with van der Waals surface area (Å²) in [5, 5.41) is 6.06. The average Bonchev–Trinajstić information content (AvgIpc) is 2.76. The molecule has 1 aliphatic heterocycles. The number of rotatable bonds is 5. The maximum Gasteiger partial charge on any atom is 0.238 e. The van der Waals surface area contributed by atoms with Gasteiger partial charge in [0.1, 0.15) is 0 Å². The molecule has 0 saturated carbocycles. The summed E-state index contributed by atoms with van der Waals surface area (Å²) in [4.78, 5) is 14.3. The van der Waals surface area contributed by atoms with Crippen LogP contribution in [0, 0.1) is 0 Å². The zero-order chi connectivity index (χ0) is 22.3. The third-order valence-electron chi connectivity index (χ3n) is 3.86. The molecule has 0 unspecified atom stereocenters. The van der Waals surface area contributed by atoms with Crippen LogP contribution in [0.15, 0.2) is 37.1 Å². The van der Waals surface area contributed by atoms with Gasteiger partial charge in [0.05, 0.1) is 59.4 Å². The monoisotopic (exact) mass is 427 g/mol. The number of carbonyl (C=O) groups is 1. The second kappa shape index (κ2) is 22.1. The van der Waals surface area contributed by atoms with Crippen molar-refractivity contribution in [2.24, 2.45) is 0 Å². The Morgan fingerprint density at radius 3 is 1.87 bits per heavy atom. The van der Waals surface area contributed by atoms with Crippen molar-refractivity contribution in [2.45, 2.75) is 13.8 Å². The molecule has 30 heavy (non-hydrogen) atoms. The van der Waals surface area contributed by atoms with Crippen LogP contribution < -0.4 is 10.6 Å². The lowest BCUT2D eigenvalue weighted by atomic mass is 10.3. The molecule has 8 heteroatoms. The summed E-state index contributed by atoms with van der Waals surface area (Å²) in [5.41, 5.74) is 0.623. The van der Waals surface area contributed by atoms with Crippen LogP contribution in [0.2, 0.25) is 0 Å². The molecule has 0 radical (unpaired) electrons. The molecule has 1 rings (SSSR count). The topological polar surface area (TPSA) is 81.3 Å². The molecule has 0 aromatic carbocycles. The van der Waals surface area contributed by atoms with Gasteiger partial charge in [-0.25, -0.2) is 0 Å². The lowest BCUT2D eigenvalue weighted by Crippen LogP contribution is -2.40. The van der Waals surface area contributed by atoms with E-state index in [2.05, 4.69) is 23.8 Å². The number of hydrogen-bond acceptors (Lipinski definition) is 7. The molecule has 1 heterocycles. The fraction of sp³-hybridized carbons (Fsp3) is 0.682. The maximum absolute atomic E-state index is 12.3. The van der Waals surface area contributed by atoms with Gasteiger partial charge in [-0.1, -0.05) is 33.1 Å². The van der Waals surface area contributed by atoms with Crippen molar-refractivity contribution in [1.29, 1.82) is 0 Å². The van der Waals surface area contributed by atoms with Gasteiger partial charge in [-0.2, -0.15) is 0 Å². The SMILES string of the molecule is C=C/C=C(\C=C)NC(=O)CN1CCOCCOCCNCCOCCOCC1.CC. The minimum atomic E-state index is -0.116. The standard InChI is InChI=1S/C20H35N3O5.C2H6/c1-3-5-19(4-2)22-20(24)18-23-8-12-27-16-14-25-10-6-21-7-11-26-15-17-28-13-9-23;1-2/h3-5,21H,1-2,6-18H2,(H,22,24);1-2H3/b19-5+;. The van der Waals surface area contributed by atoms with Gasteiger partial charge in [-0.15, -0.1) is 0 Å². The van der Waals surface area contributed by atoms with Crippen LogP contribution in [0.5, 0.6) is 0 Å². The highest BCUT2D eigenvalue weighted by molar-refractivity contribution is 5.80. The average molecular weight is 428 g/mol. The van der Waals surface area contributed by atoms with E-state index in [0.717, 1.165) is 13.1 Å². The van der Waals surface area contributed by atoms with Crippen molar-refractivity contribution in [2.75, 3.05) is 85.6 Å². The number of nitrogens with one attached hydrogen (secondary N) is 2. The first-order chi connectivity index (χ1) is 14.8. The summed E-state index contributed by atoms with van der Waals surface area (Å²) in [6.45, 7) is 18.9. The zero-order valence-corrected chi connectivity index (χ0v) is 18.8. The van der Waals surface area contributed by atoms with E-state index in [9.17, 15) is 4.79 Å². The highest BCUT2D eigenvalue weighted by atomic mass is 16.5. The molecule has 0 atom stereocenters. The summed E-state index contributed by atoms with van der Waals surface area (Å²) in [6, 6.07) is 0. The second-order valence-electron chi connectivity index (χ2n) is 6.09. The van der Waals surface area contributed by atoms with E-state index in [-0.39, 0.29) is 12.5 Å². The third-order valence-corrected chi connectivity index (χ3v) is 3.86. The van der Waals surface area contributed by atoms with E-state index in [1.807, 2.05) is 18.7 Å². The summed E-state index contributed by atoms with van der Waals surface area (Å²) in [6.07, 6.45) is 4.89. The van der Waals surface area contributed by atoms with E-state index in [4.69, 9.17) is 18.9 Å². The smallest absolute Gasteiger partial charge is 0.238 e. The fourth-order valence-electron chi connectivity index (χ4n) is 2.41. The summed E-state index contributed by atoms with van der Waals surface area (Å²) in [5.74, 6) is -0.116. The first-order valence-corrected chi connectivity index (χ1v) is 10.8. The summed E-state index contributed by atoms with van der Waals surface area (Å²) in [7, 11) is 0. The van der Waals surface area contributed by atoms with Gasteiger partial charge in [0.15, 0.2) is 0 Å². The third kappa shape index (κ3) is 17.3. The lowest BCUT2D eigenvalue weighted by molar-refractivity contribution is -0.121. The van der Waals surface area contributed by atoms with Gasteiger partial charge in [-0.3, -0.25) is 9.69 Å². The van der Waals surface area contributed by atoms with Crippen molar-refractivity contribution in [1.82, 2.24) is 15.5 Å². The highest BCUT2D eigenvalue weighted by Crippen LogP contribution is 1.95. The van der Waals surface area contributed by atoms with E-state index >= 15 is 0 Å². The maximum atomic E-state index is 12.3. The quantitative estimate of drug-likeness (QED) is 0.641. The predicted molar refractivity (Wildman–Crippen MR) is 121 cm³/mol. The van der Waals surface area contributed by atoms with Crippen molar-refractivity contribution in [3.05, 3.63) is 37.1 Å². The Balaban J connectivity index is 0.00000407. The minimum Gasteiger partial charge on any atom is -0.378 e. The summed E-state index contributed by atoms with van der Waals surface area (Å²) < 4.78 is 22.2. The van der Waals surface area contributed by atoms with Gasteiger partial charge in [0, 0.05) is 31.9 Å². The first-order valence-electron chi connectivity index (χ1n) is 10.8. The van der Waals surface area contributed by atoms with Crippen LogP contribution in [0.25, 0.3) is 0 Å². The number of nitrogens with zero attached hydrogens (tertiary/aromatic N) is 1. The Labute approximate surface area is 182 Å². The molecular formula is C22H41N3O5. The Kier molecular flexibility index (Phi) is 21.0. The van der Waals surface area contributed by atoms with E-state index < -0.39 is 0 Å². The number of amides is 1. The van der Waals surface area contributed by atoms with Gasteiger partial charge in [0.25, 0.3) is 0 Å². The van der Waals surface area contributed by atoms with Crippen molar-refractivity contribution in [3.63, 3.8) is 0 Å². The molecule has 2 N–H and O–H groups in total. The van der Waals surface area contributed by atoms with Crippen LogP contribution in [0.4, 0.5) is 0 Å². The molecule has 1 aliphatic rings. The molecule has 1 amide bonds. The molecule has 0 aromatic heterocycles. The van der Waals surface area contributed by atoms with E-state index in [0.29, 0.717) is 71.6 Å². The Morgan fingerprint density at radius 1 is 0.900 bits per heavy atom. The number of allylic oxidation sites excluding steroid dienone is 3. The Hall–Kier alpha value is -1.55. The first kappa shape index (κ1) is 28.5. The molecule has 1 saturated heterocycles. The summed E-state index contributed by atoms with van der Waals surface area (Å²) >= 11 is 0. The normalized spacial score (nSPS) is 19.3. The van der Waals surface area contributed by atoms with Gasteiger partial charge >= 0.3 is 0 Å². The lowest BCUT2D eigenvalue weighted by Gasteiger charge is -2.22. The Morgan fingerprint density at radius 2 is 1.40 bits per heavy atom. The molecule has 0 aromatic rings. The van der Waals surface area contributed by atoms with Gasteiger partial charge < -0.3 is 29.6 Å². The molecule has 8 nitrogen and oxygen atoms in total. The molecule has 0 spiro atoms. The molecular weight excluding hydrogens is 386 g/mol. The number of hydrogen-bond donors (Lipinski definition) is 2. The molecule has 1 fully saturated rings. The number of ether oxygens (including phenoxy) is 4. The van der Waals surface area contributed by atoms with Crippen LogP contribution >= 0.6 is 0 Å². The molecule has 174 valence electrons. The highest BCUT2D eigenvalue weighted by Gasteiger charge is 2.11. The molecule has 0 bridgehead atoms. The second-order valence-corrected chi connectivity index (χ2v) is 6.09. The van der Waals surface area contributed by atoms with Gasteiger partial charge in [0.2, 0.25) is 5.91 Å². The van der Waals surface area contributed by atoms with Crippen molar-refractivity contribution < 1.29 is 23.7 Å². The van der Waals surface area contributed by atoms with Crippen LogP contribution in [0.1, 0.15) is 13.8 Å². The fourth-order valence-corrected chi connectivity index (χ4v) is 2.41. The van der Waals surface area contributed by atoms with Crippen LogP contribution in [-0.2, 0) is 23.7 Å². The number of carbonyl (C=O) groups excluding carboxylic acids is 1. The Bertz CT molecular complexity index is 454. The zero-order valence-electron chi connectivity index (χ0n) is 18.8. The van der Waals surface area contributed by atoms with Crippen molar-refractivity contribution >= 4 is 5.91 Å². The van der Waals surface area contributed by atoms with Gasteiger partial charge in [-0.05, 0) is 12.2 Å².